The highest BCUT2D eigenvalue weighted by Gasteiger charge is 2.29. The summed E-state index contributed by atoms with van der Waals surface area (Å²) in [5, 5.41) is 3.65. The van der Waals surface area contributed by atoms with E-state index in [0.29, 0.717) is 0 Å². The van der Waals surface area contributed by atoms with Crippen molar-refractivity contribution in [2.45, 2.75) is 44.2 Å². The van der Waals surface area contributed by atoms with Crippen LogP contribution in [0.2, 0.25) is 0 Å². The van der Waals surface area contributed by atoms with Crippen molar-refractivity contribution in [1.82, 2.24) is 15.1 Å². The number of rotatable bonds is 4. The Labute approximate surface area is 107 Å². The van der Waals surface area contributed by atoms with E-state index in [4.69, 9.17) is 0 Å². The van der Waals surface area contributed by atoms with E-state index in [2.05, 4.69) is 36.3 Å². The lowest BCUT2D eigenvalue weighted by molar-refractivity contribution is 0.118. The summed E-state index contributed by atoms with van der Waals surface area (Å²) in [7, 11) is 6.77. The van der Waals surface area contributed by atoms with E-state index in [-0.39, 0.29) is 0 Å². The zero-order valence-corrected chi connectivity index (χ0v) is 11.8. The van der Waals surface area contributed by atoms with Gasteiger partial charge in [0, 0.05) is 12.1 Å². The Bertz CT molecular complexity index is 216. The van der Waals surface area contributed by atoms with Crippen molar-refractivity contribution in [3.8, 4) is 0 Å². The maximum absolute atomic E-state index is 3.65. The predicted octanol–water partition coefficient (Wildman–Crippen LogP) is 1.40. The molecule has 2 aliphatic heterocycles. The van der Waals surface area contributed by atoms with E-state index in [1.165, 1.54) is 51.7 Å². The van der Waals surface area contributed by atoms with E-state index in [1.807, 2.05) is 0 Å². The maximum atomic E-state index is 3.65. The molecule has 0 aliphatic carbocycles. The van der Waals surface area contributed by atoms with Gasteiger partial charge in [0.25, 0.3) is 0 Å². The first-order valence-electron chi connectivity index (χ1n) is 7.25. The van der Waals surface area contributed by atoms with Crippen LogP contribution in [-0.4, -0.2) is 62.7 Å². The molecule has 2 heterocycles. The quantitative estimate of drug-likeness (QED) is 0.800. The summed E-state index contributed by atoms with van der Waals surface area (Å²) in [5.74, 6) is 0.906. The molecule has 3 heteroatoms. The van der Waals surface area contributed by atoms with Crippen LogP contribution < -0.4 is 5.32 Å². The Hall–Kier alpha value is -0.120. The topological polar surface area (TPSA) is 18.5 Å². The average molecular weight is 239 g/mol. The summed E-state index contributed by atoms with van der Waals surface area (Å²) in [4.78, 5) is 4.94. The average Bonchev–Trinajstić information content (AvgIpc) is 2.80. The lowest BCUT2D eigenvalue weighted by Gasteiger charge is -2.38. The van der Waals surface area contributed by atoms with Gasteiger partial charge in [0.05, 0.1) is 0 Å². The molecule has 2 saturated heterocycles. The molecule has 2 rings (SSSR count). The SMILES string of the molecule is CN1CCC(C(CC2CCCN2)N(C)C)CC1. The third kappa shape index (κ3) is 3.67. The molecular formula is C14H29N3. The molecule has 0 aromatic carbocycles. The molecule has 2 aliphatic rings. The van der Waals surface area contributed by atoms with Gasteiger partial charge in [0.15, 0.2) is 0 Å². The minimum Gasteiger partial charge on any atom is -0.314 e. The van der Waals surface area contributed by atoms with Crippen LogP contribution in [0.3, 0.4) is 0 Å². The van der Waals surface area contributed by atoms with Crippen LogP contribution in [0.25, 0.3) is 0 Å². The van der Waals surface area contributed by atoms with E-state index < -0.39 is 0 Å². The summed E-state index contributed by atoms with van der Waals surface area (Å²) in [6.45, 7) is 3.80. The summed E-state index contributed by atoms with van der Waals surface area (Å²) in [5.41, 5.74) is 0. The van der Waals surface area contributed by atoms with Gasteiger partial charge in [-0.25, -0.2) is 0 Å². The molecule has 2 fully saturated rings. The van der Waals surface area contributed by atoms with Crippen molar-refractivity contribution >= 4 is 0 Å². The first-order chi connectivity index (χ1) is 8.16. The molecule has 0 saturated carbocycles. The summed E-state index contributed by atoms with van der Waals surface area (Å²) in [6, 6.07) is 1.56. The van der Waals surface area contributed by atoms with E-state index >= 15 is 0 Å². The predicted molar refractivity (Wildman–Crippen MR) is 73.3 cm³/mol. The van der Waals surface area contributed by atoms with Gasteiger partial charge in [0.2, 0.25) is 0 Å². The van der Waals surface area contributed by atoms with Gasteiger partial charge in [-0.1, -0.05) is 0 Å². The smallest absolute Gasteiger partial charge is 0.0133 e. The Balaban J connectivity index is 1.87. The summed E-state index contributed by atoms with van der Waals surface area (Å²) >= 11 is 0. The molecule has 0 radical (unpaired) electrons. The van der Waals surface area contributed by atoms with Gasteiger partial charge in [-0.15, -0.1) is 0 Å². The molecule has 2 unspecified atom stereocenters. The second-order valence-corrected chi connectivity index (χ2v) is 6.20. The van der Waals surface area contributed by atoms with Gasteiger partial charge < -0.3 is 15.1 Å². The molecule has 0 spiro atoms. The molecule has 100 valence electrons. The highest BCUT2D eigenvalue weighted by atomic mass is 15.1. The van der Waals surface area contributed by atoms with Gasteiger partial charge in [-0.2, -0.15) is 0 Å². The van der Waals surface area contributed by atoms with Gasteiger partial charge in [-0.05, 0) is 78.8 Å². The Morgan fingerprint density at radius 1 is 1.24 bits per heavy atom. The third-order valence-electron chi connectivity index (χ3n) is 4.66. The van der Waals surface area contributed by atoms with Crippen molar-refractivity contribution in [3.63, 3.8) is 0 Å². The molecule has 0 aromatic heterocycles. The second-order valence-electron chi connectivity index (χ2n) is 6.20. The minimum atomic E-state index is 0.777. The fourth-order valence-corrected chi connectivity index (χ4v) is 3.49. The van der Waals surface area contributed by atoms with Crippen molar-refractivity contribution in [2.24, 2.45) is 5.92 Å². The maximum Gasteiger partial charge on any atom is 0.0133 e. The van der Waals surface area contributed by atoms with E-state index in [1.54, 1.807) is 0 Å². The Morgan fingerprint density at radius 2 is 1.94 bits per heavy atom. The monoisotopic (exact) mass is 239 g/mol. The van der Waals surface area contributed by atoms with Crippen LogP contribution in [0.4, 0.5) is 0 Å². The van der Waals surface area contributed by atoms with Gasteiger partial charge in [0.1, 0.15) is 0 Å². The summed E-state index contributed by atoms with van der Waals surface area (Å²) < 4.78 is 0. The molecule has 3 nitrogen and oxygen atoms in total. The number of piperidine rings is 1. The number of nitrogens with zero attached hydrogens (tertiary/aromatic N) is 2. The fraction of sp³-hybridized carbons (Fsp3) is 1.00. The van der Waals surface area contributed by atoms with Gasteiger partial charge in [-0.3, -0.25) is 0 Å². The highest BCUT2D eigenvalue weighted by molar-refractivity contribution is 4.86. The van der Waals surface area contributed by atoms with Gasteiger partial charge >= 0.3 is 0 Å². The standard InChI is InChI=1S/C14H29N3/c1-16(2)14(11-13-5-4-8-15-13)12-6-9-17(3)10-7-12/h12-15H,4-11H2,1-3H3. The van der Waals surface area contributed by atoms with Crippen molar-refractivity contribution in [2.75, 3.05) is 40.8 Å². The lowest BCUT2D eigenvalue weighted by atomic mass is 9.85. The number of hydrogen-bond acceptors (Lipinski definition) is 3. The molecule has 17 heavy (non-hydrogen) atoms. The van der Waals surface area contributed by atoms with E-state index in [0.717, 1.165) is 18.0 Å². The zero-order chi connectivity index (χ0) is 12.3. The van der Waals surface area contributed by atoms with E-state index in [9.17, 15) is 0 Å². The minimum absolute atomic E-state index is 0.777. The first-order valence-corrected chi connectivity index (χ1v) is 7.25. The highest BCUT2D eigenvalue weighted by Crippen LogP contribution is 2.27. The van der Waals surface area contributed by atoms with Crippen LogP contribution in [0.1, 0.15) is 32.1 Å². The first kappa shape index (κ1) is 13.3. The van der Waals surface area contributed by atoms with Crippen LogP contribution in [-0.2, 0) is 0 Å². The van der Waals surface area contributed by atoms with Crippen LogP contribution >= 0.6 is 0 Å². The second kappa shape index (κ2) is 6.17. The summed E-state index contributed by atoms with van der Waals surface area (Å²) in [6.07, 6.45) is 6.87. The van der Waals surface area contributed by atoms with Crippen LogP contribution in [0.5, 0.6) is 0 Å². The molecule has 0 aromatic rings. The molecule has 0 bridgehead atoms. The largest absolute Gasteiger partial charge is 0.314 e. The Morgan fingerprint density at radius 3 is 2.47 bits per heavy atom. The lowest BCUT2D eigenvalue weighted by Crippen LogP contribution is -2.44. The van der Waals surface area contributed by atoms with Crippen LogP contribution in [0, 0.1) is 5.92 Å². The molecule has 2 atom stereocenters. The number of nitrogens with one attached hydrogen (secondary N) is 1. The number of likely N-dealkylation sites (tertiary alicyclic amines) is 1. The number of hydrogen-bond donors (Lipinski definition) is 1. The molecular weight excluding hydrogens is 210 g/mol. The molecule has 0 amide bonds. The van der Waals surface area contributed by atoms with Crippen molar-refractivity contribution in [1.29, 1.82) is 0 Å². The van der Waals surface area contributed by atoms with Crippen molar-refractivity contribution in [3.05, 3.63) is 0 Å². The zero-order valence-electron chi connectivity index (χ0n) is 11.8. The normalized spacial score (nSPS) is 30.0. The van der Waals surface area contributed by atoms with Crippen molar-refractivity contribution < 1.29 is 0 Å². The fourth-order valence-electron chi connectivity index (χ4n) is 3.49. The Kier molecular flexibility index (Phi) is 4.83. The van der Waals surface area contributed by atoms with Crippen LogP contribution in [0.15, 0.2) is 0 Å². The molecule has 1 N–H and O–H groups in total. The third-order valence-corrected chi connectivity index (χ3v) is 4.66.